The molecular formula is C29H32N2O3. The molecule has 1 amide bonds. The number of para-hydroxylation sites is 1. The molecule has 0 spiro atoms. The number of fused-ring (bicyclic) bond motifs is 1. The van der Waals surface area contributed by atoms with E-state index in [4.69, 9.17) is 0 Å². The second-order valence-corrected chi connectivity index (χ2v) is 9.29. The van der Waals surface area contributed by atoms with Crippen molar-refractivity contribution in [1.82, 2.24) is 5.32 Å². The van der Waals surface area contributed by atoms with Crippen LogP contribution in [0.15, 0.2) is 78.9 Å². The van der Waals surface area contributed by atoms with E-state index in [2.05, 4.69) is 49.5 Å². The number of hydrogen-bond donors (Lipinski definition) is 2. The van der Waals surface area contributed by atoms with Crippen LogP contribution in [0.3, 0.4) is 0 Å². The number of hydrogen-bond acceptors (Lipinski definition) is 3. The lowest BCUT2D eigenvalue weighted by Crippen LogP contribution is -2.52. The van der Waals surface area contributed by atoms with E-state index >= 15 is 0 Å². The number of nitrogens with zero attached hydrogens (tertiary/aromatic N) is 1. The van der Waals surface area contributed by atoms with Crippen molar-refractivity contribution in [1.29, 1.82) is 0 Å². The van der Waals surface area contributed by atoms with Gasteiger partial charge in [-0.25, -0.2) is 0 Å². The minimum atomic E-state index is -0.950. The van der Waals surface area contributed by atoms with Crippen LogP contribution >= 0.6 is 0 Å². The largest absolute Gasteiger partial charge is 0.480 e. The molecule has 5 nitrogen and oxygen atoms in total. The lowest BCUT2D eigenvalue weighted by atomic mass is 10.0. The number of nitrogens with one attached hydrogen (secondary N) is 1. The van der Waals surface area contributed by atoms with Crippen molar-refractivity contribution in [3.8, 4) is 0 Å². The molecule has 2 N–H and O–H groups in total. The van der Waals surface area contributed by atoms with Gasteiger partial charge in [0.25, 0.3) is 0 Å². The summed E-state index contributed by atoms with van der Waals surface area (Å²) in [7, 11) is 0. The molecule has 2 atom stereocenters. The maximum Gasteiger partial charge on any atom is 0.321 e. The van der Waals surface area contributed by atoms with Crippen molar-refractivity contribution < 1.29 is 14.7 Å². The minimum absolute atomic E-state index is 0.0859. The number of aliphatic carboxylic acids is 1. The fourth-order valence-electron chi connectivity index (χ4n) is 4.53. The molecule has 0 aromatic heterocycles. The number of anilines is 1. The predicted octanol–water partition coefficient (Wildman–Crippen LogP) is 4.94. The molecule has 0 bridgehead atoms. The highest BCUT2D eigenvalue weighted by molar-refractivity contribution is 5.99. The summed E-state index contributed by atoms with van der Waals surface area (Å²) in [6, 6.07) is 24.5. The van der Waals surface area contributed by atoms with E-state index in [0.717, 1.165) is 22.4 Å². The van der Waals surface area contributed by atoms with E-state index in [9.17, 15) is 14.7 Å². The van der Waals surface area contributed by atoms with Gasteiger partial charge in [-0.05, 0) is 53.5 Å². The molecule has 0 aliphatic carbocycles. The maximum atomic E-state index is 13.8. The zero-order valence-electron chi connectivity index (χ0n) is 19.8. The lowest BCUT2D eigenvalue weighted by molar-refractivity contribution is -0.139. The maximum absolute atomic E-state index is 13.8. The molecule has 0 fully saturated rings. The molecular weight excluding hydrogens is 424 g/mol. The van der Waals surface area contributed by atoms with Crippen molar-refractivity contribution >= 4 is 17.6 Å². The summed E-state index contributed by atoms with van der Waals surface area (Å²) in [5.41, 5.74) is 5.24. The molecule has 1 heterocycles. The van der Waals surface area contributed by atoms with E-state index < -0.39 is 18.1 Å². The molecule has 5 heteroatoms. The Bertz CT molecular complexity index is 1130. The number of carboxylic acid groups (broad SMARTS) is 1. The molecule has 4 rings (SSSR count). The van der Waals surface area contributed by atoms with Crippen molar-refractivity contribution in [2.45, 2.75) is 57.7 Å². The Morgan fingerprint density at radius 1 is 0.971 bits per heavy atom. The van der Waals surface area contributed by atoms with Gasteiger partial charge in [0.1, 0.15) is 6.04 Å². The first-order chi connectivity index (χ1) is 16.4. The molecule has 0 saturated carbocycles. The zero-order valence-corrected chi connectivity index (χ0v) is 19.8. The highest BCUT2D eigenvalue weighted by atomic mass is 16.4. The van der Waals surface area contributed by atoms with Gasteiger partial charge in [0.15, 0.2) is 0 Å². The van der Waals surface area contributed by atoms with E-state index in [1.807, 2.05) is 53.4 Å². The van der Waals surface area contributed by atoms with Crippen molar-refractivity contribution in [3.63, 3.8) is 0 Å². The Kier molecular flexibility index (Phi) is 7.43. The first-order valence-corrected chi connectivity index (χ1v) is 11.9. The van der Waals surface area contributed by atoms with Crippen LogP contribution < -0.4 is 10.2 Å². The fourth-order valence-corrected chi connectivity index (χ4v) is 4.53. The van der Waals surface area contributed by atoms with Crippen LogP contribution in [0.25, 0.3) is 0 Å². The van der Waals surface area contributed by atoms with Crippen LogP contribution in [0.5, 0.6) is 0 Å². The summed E-state index contributed by atoms with van der Waals surface area (Å²) in [6.07, 6.45) is 1.58. The number of rotatable bonds is 8. The summed E-state index contributed by atoms with van der Waals surface area (Å²) in [5, 5.41) is 13.1. The molecule has 0 radical (unpaired) electrons. The second kappa shape index (κ2) is 10.7. The van der Waals surface area contributed by atoms with Gasteiger partial charge >= 0.3 is 5.97 Å². The third kappa shape index (κ3) is 5.54. The Hall–Kier alpha value is -3.44. The van der Waals surface area contributed by atoms with Crippen LogP contribution in [0.1, 0.15) is 48.4 Å². The topological polar surface area (TPSA) is 69.6 Å². The van der Waals surface area contributed by atoms with Crippen molar-refractivity contribution in [2.75, 3.05) is 4.90 Å². The first kappa shape index (κ1) is 23.7. The number of carboxylic acids is 1. The molecule has 3 aromatic carbocycles. The average Bonchev–Trinajstić information content (AvgIpc) is 2.97. The lowest BCUT2D eigenvalue weighted by Gasteiger charge is -2.28. The van der Waals surface area contributed by atoms with E-state index in [-0.39, 0.29) is 5.91 Å². The summed E-state index contributed by atoms with van der Waals surface area (Å²) >= 11 is 0. The number of amides is 1. The molecule has 3 aromatic rings. The average molecular weight is 457 g/mol. The van der Waals surface area contributed by atoms with Crippen LogP contribution in [-0.2, 0) is 29.0 Å². The van der Waals surface area contributed by atoms with E-state index in [0.29, 0.717) is 31.7 Å². The van der Waals surface area contributed by atoms with Gasteiger partial charge in [0.2, 0.25) is 5.91 Å². The van der Waals surface area contributed by atoms with Gasteiger partial charge in [-0.1, -0.05) is 86.6 Å². The van der Waals surface area contributed by atoms with Crippen LogP contribution in [0, 0.1) is 0 Å². The van der Waals surface area contributed by atoms with Crippen molar-refractivity contribution in [2.24, 2.45) is 0 Å². The number of aryl methyl sites for hydroxylation is 1. The van der Waals surface area contributed by atoms with Crippen LogP contribution in [0.2, 0.25) is 0 Å². The van der Waals surface area contributed by atoms with Gasteiger partial charge in [0, 0.05) is 5.69 Å². The van der Waals surface area contributed by atoms with Gasteiger partial charge in [-0.3, -0.25) is 14.9 Å². The van der Waals surface area contributed by atoms with E-state index in [1.165, 1.54) is 5.56 Å². The highest BCUT2D eigenvalue weighted by Gasteiger charge is 2.33. The normalized spacial score (nSPS) is 16.7. The Balaban J connectivity index is 1.59. The third-order valence-electron chi connectivity index (χ3n) is 6.52. The monoisotopic (exact) mass is 456 g/mol. The first-order valence-electron chi connectivity index (χ1n) is 11.9. The smallest absolute Gasteiger partial charge is 0.321 e. The predicted molar refractivity (Wildman–Crippen MR) is 135 cm³/mol. The standard InChI is InChI=1S/C29H32N2O3/c1-20(2)23-14-12-22(13-15-23)19-31-27-11-7-6-10-24(27)16-17-25(28(31)32)30-26(29(33)34)18-21-8-4-3-5-9-21/h3-15,20,25-26,30H,16-19H2,1-2H3,(H,33,34)/t25?,26-/m1/s1. The van der Waals surface area contributed by atoms with Crippen molar-refractivity contribution in [3.05, 3.63) is 101 Å². The Morgan fingerprint density at radius 3 is 2.32 bits per heavy atom. The van der Waals surface area contributed by atoms with Gasteiger partial charge in [-0.2, -0.15) is 0 Å². The number of carbonyl (C=O) groups is 2. The fraction of sp³-hybridized carbons (Fsp3) is 0.310. The second-order valence-electron chi connectivity index (χ2n) is 9.29. The van der Waals surface area contributed by atoms with Crippen LogP contribution in [-0.4, -0.2) is 29.1 Å². The summed E-state index contributed by atoms with van der Waals surface area (Å²) in [6.45, 7) is 4.77. The van der Waals surface area contributed by atoms with Gasteiger partial charge in [0.05, 0.1) is 12.6 Å². The summed E-state index contributed by atoms with van der Waals surface area (Å²) in [4.78, 5) is 27.6. The third-order valence-corrected chi connectivity index (χ3v) is 6.52. The van der Waals surface area contributed by atoms with Gasteiger partial charge in [-0.15, -0.1) is 0 Å². The number of carbonyl (C=O) groups excluding carboxylic acids is 1. The molecule has 1 aliphatic rings. The molecule has 34 heavy (non-hydrogen) atoms. The Labute approximate surface area is 201 Å². The van der Waals surface area contributed by atoms with Gasteiger partial charge < -0.3 is 10.0 Å². The number of benzene rings is 3. The highest BCUT2D eigenvalue weighted by Crippen LogP contribution is 2.29. The summed E-state index contributed by atoms with van der Waals surface area (Å²) < 4.78 is 0. The zero-order chi connectivity index (χ0) is 24.1. The molecule has 1 unspecified atom stereocenters. The SMILES string of the molecule is CC(C)c1ccc(CN2C(=O)C(N[C@H](Cc3ccccc3)C(=O)O)CCc3ccccc32)cc1. The summed E-state index contributed by atoms with van der Waals surface area (Å²) in [5.74, 6) is -0.591. The van der Waals surface area contributed by atoms with Crippen LogP contribution in [0.4, 0.5) is 5.69 Å². The quantitative estimate of drug-likeness (QED) is 0.504. The van der Waals surface area contributed by atoms with E-state index in [1.54, 1.807) is 0 Å². The Morgan fingerprint density at radius 2 is 1.65 bits per heavy atom. The molecule has 176 valence electrons. The molecule has 0 saturated heterocycles. The minimum Gasteiger partial charge on any atom is -0.480 e. The molecule has 1 aliphatic heterocycles.